The van der Waals surface area contributed by atoms with Gasteiger partial charge in [-0.1, -0.05) is 23.8 Å². The second kappa shape index (κ2) is 4.92. The number of halogens is 1. The van der Waals surface area contributed by atoms with Crippen LogP contribution in [-0.2, 0) is 0 Å². The molecular weight excluding hydrogens is 296 g/mol. The molecule has 3 heteroatoms. The number of hydrogen-bond donors (Lipinski definition) is 1. The quantitative estimate of drug-likeness (QED) is 0.864. The van der Waals surface area contributed by atoms with Crippen molar-refractivity contribution in [1.29, 1.82) is 0 Å². The smallest absolute Gasteiger partial charge is 0.105 e. The fourth-order valence-electron chi connectivity index (χ4n) is 1.95. The third-order valence-electron chi connectivity index (χ3n) is 2.95. The molecule has 90 valence electrons. The molecule has 17 heavy (non-hydrogen) atoms. The summed E-state index contributed by atoms with van der Waals surface area (Å²) >= 11 is 5.12. The van der Waals surface area contributed by atoms with Crippen molar-refractivity contribution in [2.45, 2.75) is 26.9 Å². The summed E-state index contributed by atoms with van der Waals surface area (Å²) in [6.07, 6.45) is -0.530. The molecule has 1 atom stereocenters. The molecule has 0 saturated carbocycles. The summed E-state index contributed by atoms with van der Waals surface area (Å²) < 4.78 is 1.06. The number of hydrogen-bond acceptors (Lipinski definition) is 2. The van der Waals surface area contributed by atoms with E-state index >= 15 is 0 Å². The van der Waals surface area contributed by atoms with E-state index in [0.29, 0.717) is 0 Å². The van der Waals surface area contributed by atoms with Gasteiger partial charge in [0.1, 0.15) is 6.10 Å². The first-order chi connectivity index (χ1) is 7.99. The molecule has 0 radical (unpaired) electrons. The van der Waals surface area contributed by atoms with E-state index in [-0.39, 0.29) is 0 Å². The van der Waals surface area contributed by atoms with Crippen LogP contribution >= 0.6 is 27.3 Å². The molecule has 0 aliphatic heterocycles. The lowest BCUT2D eigenvalue weighted by atomic mass is 9.96. The molecule has 1 unspecified atom stereocenters. The van der Waals surface area contributed by atoms with Crippen LogP contribution in [0.5, 0.6) is 0 Å². The Morgan fingerprint density at radius 1 is 1.12 bits per heavy atom. The lowest BCUT2D eigenvalue weighted by Crippen LogP contribution is -2.02. The van der Waals surface area contributed by atoms with Gasteiger partial charge in [0.15, 0.2) is 0 Å². The minimum absolute atomic E-state index is 0.530. The number of benzene rings is 1. The van der Waals surface area contributed by atoms with Crippen molar-refractivity contribution in [3.05, 3.63) is 55.2 Å². The Bertz CT molecular complexity index is 545. The highest BCUT2D eigenvalue weighted by Crippen LogP contribution is 2.34. The van der Waals surface area contributed by atoms with Gasteiger partial charge >= 0.3 is 0 Å². The van der Waals surface area contributed by atoms with Crippen LogP contribution in [0.3, 0.4) is 0 Å². The Labute approximate surface area is 114 Å². The molecule has 1 N–H and O–H groups in total. The number of thiophene rings is 1. The van der Waals surface area contributed by atoms with Crippen LogP contribution < -0.4 is 0 Å². The summed E-state index contributed by atoms with van der Waals surface area (Å²) in [5.74, 6) is 0. The van der Waals surface area contributed by atoms with Crippen molar-refractivity contribution < 1.29 is 5.11 Å². The van der Waals surface area contributed by atoms with E-state index in [0.717, 1.165) is 25.4 Å². The first-order valence-corrected chi connectivity index (χ1v) is 7.11. The monoisotopic (exact) mass is 310 g/mol. The fraction of sp³-hybridized carbons (Fsp3) is 0.286. The Kier molecular flexibility index (Phi) is 3.71. The lowest BCUT2D eigenvalue weighted by Gasteiger charge is -2.14. The van der Waals surface area contributed by atoms with Crippen molar-refractivity contribution in [3.63, 3.8) is 0 Å². The maximum atomic E-state index is 10.5. The van der Waals surface area contributed by atoms with Gasteiger partial charge in [0.05, 0.1) is 3.79 Å². The van der Waals surface area contributed by atoms with Gasteiger partial charge < -0.3 is 5.11 Å². The normalized spacial score (nSPS) is 12.8. The van der Waals surface area contributed by atoms with Crippen LogP contribution in [0.1, 0.15) is 33.2 Å². The first kappa shape index (κ1) is 12.8. The third kappa shape index (κ3) is 2.62. The number of aliphatic hydroxyl groups is 1. The predicted octanol–water partition coefficient (Wildman–Crippen LogP) is 4.52. The molecule has 0 amide bonds. The minimum Gasteiger partial charge on any atom is -0.384 e. The van der Waals surface area contributed by atoms with E-state index in [4.69, 9.17) is 0 Å². The Hall–Kier alpha value is -0.640. The topological polar surface area (TPSA) is 20.2 Å². The lowest BCUT2D eigenvalue weighted by molar-refractivity contribution is 0.219. The van der Waals surface area contributed by atoms with Gasteiger partial charge in [0, 0.05) is 4.88 Å². The van der Waals surface area contributed by atoms with Crippen molar-refractivity contribution in [2.24, 2.45) is 0 Å². The van der Waals surface area contributed by atoms with Gasteiger partial charge in [0.25, 0.3) is 0 Å². The largest absolute Gasteiger partial charge is 0.384 e. The molecule has 2 aromatic rings. The summed E-state index contributed by atoms with van der Waals surface area (Å²) in [5, 5.41) is 10.5. The van der Waals surface area contributed by atoms with E-state index in [1.807, 2.05) is 26.8 Å². The molecule has 0 bridgehead atoms. The summed E-state index contributed by atoms with van der Waals surface area (Å²) in [6.45, 7) is 6.12. The SMILES string of the molecule is Cc1ccc(C)c(C(O)c2cc(Br)sc2C)c1. The van der Waals surface area contributed by atoms with Gasteiger partial charge in [-0.3, -0.25) is 0 Å². The zero-order valence-electron chi connectivity index (χ0n) is 10.1. The Balaban J connectivity index is 2.46. The number of aryl methyl sites for hydroxylation is 3. The molecule has 0 aliphatic rings. The second-order valence-corrected chi connectivity index (χ2v) is 6.96. The van der Waals surface area contributed by atoms with E-state index < -0.39 is 6.10 Å². The van der Waals surface area contributed by atoms with Gasteiger partial charge in [-0.25, -0.2) is 0 Å². The molecule has 0 spiro atoms. The number of aliphatic hydroxyl groups excluding tert-OH is 1. The molecule has 1 aromatic carbocycles. The molecule has 1 heterocycles. The van der Waals surface area contributed by atoms with Crippen LogP contribution in [-0.4, -0.2) is 5.11 Å². The standard InChI is InChI=1S/C14H15BrOS/c1-8-4-5-9(2)11(6-8)14(16)12-7-13(15)17-10(12)3/h4-7,14,16H,1-3H3. The van der Waals surface area contributed by atoms with Crippen LogP contribution in [0.4, 0.5) is 0 Å². The van der Waals surface area contributed by atoms with Gasteiger partial charge in [0.2, 0.25) is 0 Å². The Morgan fingerprint density at radius 3 is 2.41 bits per heavy atom. The summed E-state index contributed by atoms with van der Waals surface area (Å²) in [4.78, 5) is 1.16. The molecule has 0 saturated heterocycles. The van der Waals surface area contributed by atoms with Crippen molar-refractivity contribution >= 4 is 27.3 Å². The van der Waals surface area contributed by atoms with Gasteiger partial charge in [-0.15, -0.1) is 11.3 Å². The van der Waals surface area contributed by atoms with Crippen LogP contribution in [0.25, 0.3) is 0 Å². The molecule has 1 aromatic heterocycles. The van der Waals surface area contributed by atoms with E-state index in [2.05, 4.69) is 34.1 Å². The third-order valence-corrected chi connectivity index (χ3v) is 4.52. The van der Waals surface area contributed by atoms with Crippen molar-refractivity contribution in [2.75, 3.05) is 0 Å². The fourth-order valence-corrected chi connectivity index (χ4v) is 3.69. The van der Waals surface area contributed by atoms with E-state index in [1.54, 1.807) is 11.3 Å². The average Bonchev–Trinajstić information content (AvgIpc) is 2.60. The van der Waals surface area contributed by atoms with Crippen molar-refractivity contribution in [3.8, 4) is 0 Å². The number of rotatable bonds is 2. The summed E-state index contributed by atoms with van der Waals surface area (Å²) in [6, 6.07) is 8.20. The van der Waals surface area contributed by atoms with Crippen LogP contribution in [0.15, 0.2) is 28.1 Å². The summed E-state index contributed by atoms with van der Waals surface area (Å²) in [7, 11) is 0. The van der Waals surface area contributed by atoms with E-state index in [1.165, 1.54) is 5.56 Å². The zero-order valence-corrected chi connectivity index (χ0v) is 12.5. The molecule has 2 rings (SSSR count). The molecule has 1 nitrogen and oxygen atoms in total. The molecule has 0 fully saturated rings. The van der Waals surface area contributed by atoms with Crippen LogP contribution in [0.2, 0.25) is 0 Å². The Morgan fingerprint density at radius 2 is 1.82 bits per heavy atom. The second-order valence-electron chi connectivity index (χ2n) is 4.32. The molecular formula is C14H15BrOS. The van der Waals surface area contributed by atoms with Crippen LogP contribution in [0, 0.1) is 20.8 Å². The minimum atomic E-state index is -0.530. The zero-order chi connectivity index (χ0) is 12.6. The first-order valence-electron chi connectivity index (χ1n) is 5.50. The maximum absolute atomic E-state index is 10.5. The molecule has 0 aliphatic carbocycles. The highest BCUT2D eigenvalue weighted by Gasteiger charge is 2.17. The highest BCUT2D eigenvalue weighted by atomic mass is 79.9. The summed E-state index contributed by atoms with van der Waals surface area (Å²) in [5.41, 5.74) is 4.30. The highest BCUT2D eigenvalue weighted by molar-refractivity contribution is 9.11. The predicted molar refractivity (Wildman–Crippen MR) is 76.7 cm³/mol. The van der Waals surface area contributed by atoms with Crippen molar-refractivity contribution in [1.82, 2.24) is 0 Å². The van der Waals surface area contributed by atoms with Gasteiger partial charge in [-0.05, 0) is 59.5 Å². The maximum Gasteiger partial charge on any atom is 0.105 e. The van der Waals surface area contributed by atoms with E-state index in [9.17, 15) is 5.11 Å². The average molecular weight is 311 g/mol. The van der Waals surface area contributed by atoms with Gasteiger partial charge in [-0.2, -0.15) is 0 Å².